The number of nitrogens with zero attached hydrogens (tertiary/aromatic N) is 1. The summed E-state index contributed by atoms with van der Waals surface area (Å²) < 4.78 is 48.2. The smallest absolute Gasteiger partial charge is 0.319 e. The van der Waals surface area contributed by atoms with Crippen molar-refractivity contribution in [2.24, 2.45) is 0 Å². The number of anilines is 2. The fraction of sp³-hybridized carbons (Fsp3) is 0.231. The Morgan fingerprint density at radius 1 is 1.00 bits per heavy atom. The summed E-state index contributed by atoms with van der Waals surface area (Å²) in [7, 11) is -1.23. The molecule has 1 heterocycles. The highest BCUT2D eigenvalue weighted by Crippen LogP contribution is 2.40. The Morgan fingerprint density at radius 2 is 1.69 bits per heavy atom. The Labute approximate surface area is 207 Å². The van der Waals surface area contributed by atoms with Gasteiger partial charge in [-0.1, -0.05) is 24.3 Å². The van der Waals surface area contributed by atoms with E-state index in [4.69, 9.17) is 4.74 Å². The molecular weight excluding hydrogens is 487 g/mol. The van der Waals surface area contributed by atoms with Gasteiger partial charge in [-0.15, -0.1) is 0 Å². The number of hydrogen-bond acceptors (Lipinski definition) is 4. The molecule has 4 rings (SSSR count). The summed E-state index contributed by atoms with van der Waals surface area (Å²) in [6, 6.07) is 14.5. The predicted octanol–water partition coefficient (Wildman–Crippen LogP) is 4.82. The van der Waals surface area contributed by atoms with Crippen LogP contribution < -0.4 is 25.6 Å². The minimum atomic E-state index is -2.76. The standard InChI is InChI=1S/C26H26F2N3O4P/c1-35-17-10-8-16(9-11-17)29-26(33)30-20-14-15-31(25(20)32)21-13-12-19(23(27)24(21)28)18-6-4-5-7-22(18)36(2,3)34/h4-13,20H,14-15H2,1-3H3,(H2,29,30,33)/t20-/m1/s1. The van der Waals surface area contributed by atoms with Crippen LogP contribution in [-0.2, 0) is 9.36 Å². The number of hydrogen-bond donors (Lipinski definition) is 2. The van der Waals surface area contributed by atoms with Gasteiger partial charge in [0, 0.05) is 23.1 Å². The zero-order valence-electron chi connectivity index (χ0n) is 20.0. The Bertz CT molecular complexity index is 1360. The number of rotatable bonds is 6. The molecule has 36 heavy (non-hydrogen) atoms. The molecule has 1 aliphatic rings. The Kier molecular flexibility index (Phi) is 7.13. The third kappa shape index (κ3) is 5.11. The number of amides is 3. The fourth-order valence-corrected chi connectivity index (χ4v) is 5.40. The van der Waals surface area contributed by atoms with Crippen LogP contribution >= 0.6 is 7.14 Å². The second kappa shape index (κ2) is 10.1. The average molecular weight is 513 g/mol. The lowest BCUT2D eigenvalue weighted by atomic mass is 10.0. The topological polar surface area (TPSA) is 87.7 Å². The summed E-state index contributed by atoms with van der Waals surface area (Å²) in [6.07, 6.45) is 0.232. The van der Waals surface area contributed by atoms with Crippen molar-refractivity contribution in [1.29, 1.82) is 0 Å². The second-order valence-electron chi connectivity index (χ2n) is 8.79. The van der Waals surface area contributed by atoms with E-state index >= 15 is 8.78 Å². The molecule has 0 bridgehead atoms. The van der Waals surface area contributed by atoms with Crippen molar-refractivity contribution < 1.29 is 27.7 Å². The van der Waals surface area contributed by atoms with Gasteiger partial charge in [0.1, 0.15) is 18.9 Å². The van der Waals surface area contributed by atoms with Crippen LogP contribution in [0.25, 0.3) is 11.1 Å². The first kappa shape index (κ1) is 25.4. The van der Waals surface area contributed by atoms with E-state index in [2.05, 4.69) is 10.6 Å². The van der Waals surface area contributed by atoms with E-state index < -0.39 is 36.8 Å². The first-order chi connectivity index (χ1) is 17.1. The van der Waals surface area contributed by atoms with Gasteiger partial charge < -0.3 is 24.8 Å². The van der Waals surface area contributed by atoms with Gasteiger partial charge in [-0.05, 0) is 61.7 Å². The molecule has 0 spiro atoms. The van der Waals surface area contributed by atoms with Gasteiger partial charge in [0.15, 0.2) is 11.6 Å². The van der Waals surface area contributed by atoms with Crippen LogP contribution in [-0.4, -0.2) is 45.0 Å². The van der Waals surface area contributed by atoms with Crippen LogP contribution in [0.15, 0.2) is 60.7 Å². The van der Waals surface area contributed by atoms with Crippen LogP contribution in [0, 0.1) is 11.6 Å². The Hall–Kier alpha value is -3.71. The van der Waals surface area contributed by atoms with Crippen LogP contribution in [0.1, 0.15) is 6.42 Å². The largest absolute Gasteiger partial charge is 0.497 e. The van der Waals surface area contributed by atoms with E-state index in [-0.39, 0.29) is 24.2 Å². The maximum atomic E-state index is 15.2. The average Bonchev–Trinajstić information content (AvgIpc) is 3.20. The highest BCUT2D eigenvalue weighted by molar-refractivity contribution is 7.70. The highest BCUT2D eigenvalue weighted by atomic mass is 31.2. The molecule has 0 aliphatic carbocycles. The molecule has 188 valence electrons. The number of urea groups is 1. The number of benzene rings is 3. The van der Waals surface area contributed by atoms with Gasteiger partial charge in [-0.3, -0.25) is 4.79 Å². The molecular formula is C26H26F2N3O4P. The maximum Gasteiger partial charge on any atom is 0.319 e. The Balaban J connectivity index is 1.51. The highest BCUT2D eigenvalue weighted by Gasteiger charge is 2.36. The molecule has 3 aromatic rings. The zero-order valence-corrected chi connectivity index (χ0v) is 20.9. The molecule has 1 saturated heterocycles. The van der Waals surface area contributed by atoms with E-state index in [9.17, 15) is 14.2 Å². The summed E-state index contributed by atoms with van der Waals surface area (Å²) in [6.45, 7) is 3.24. The van der Waals surface area contributed by atoms with Crippen LogP contribution in [0.3, 0.4) is 0 Å². The molecule has 1 fully saturated rings. The van der Waals surface area contributed by atoms with Crippen molar-refractivity contribution in [3.63, 3.8) is 0 Å². The van der Waals surface area contributed by atoms with Gasteiger partial charge in [-0.25, -0.2) is 13.6 Å². The van der Waals surface area contributed by atoms with Gasteiger partial charge in [0.25, 0.3) is 0 Å². The summed E-state index contributed by atoms with van der Waals surface area (Å²) in [5.41, 5.74) is 0.602. The first-order valence-corrected chi connectivity index (χ1v) is 13.9. The molecule has 3 aromatic carbocycles. The molecule has 7 nitrogen and oxygen atoms in total. The molecule has 10 heteroatoms. The number of carbonyl (C=O) groups excluding carboxylic acids is 2. The Morgan fingerprint density at radius 3 is 2.36 bits per heavy atom. The molecule has 0 aromatic heterocycles. The van der Waals surface area contributed by atoms with Crippen molar-refractivity contribution in [3.05, 3.63) is 72.3 Å². The lowest BCUT2D eigenvalue weighted by molar-refractivity contribution is -0.118. The number of methoxy groups -OCH3 is 1. The normalized spacial score (nSPS) is 15.6. The lowest BCUT2D eigenvalue weighted by Crippen LogP contribution is -2.43. The lowest BCUT2D eigenvalue weighted by Gasteiger charge is -2.20. The molecule has 3 amide bonds. The van der Waals surface area contributed by atoms with Gasteiger partial charge in [0.05, 0.1) is 12.8 Å². The molecule has 1 atom stereocenters. The molecule has 0 unspecified atom stereocenters. The summed E-state index contributed by atoms with van der Waals surface area (Å²) in [5.74, 6) is -2.22. The summed E-state index contributed by atoms with van der Waals surface area (Å²) in [4.78, 5) is 26.4. The second-order valence-corrected chi connectivity index (χ2v) is 12.0. The maximum absolute atomic E-state index is 15.2. The molecule has 1 aliphatic heterocycles. The third-order valence-electron chi connectivity index (χ3n) is 5.99. The first-order valence-electron chi connectivity index (χ1n) is 11.3. The summed E-state index contributed by atoms with van der Waals surface area (Å²) >= 11 is 0. The van der Waals surface area contributed by atoms with Gasteiger partial charge in [-0.2, -0.15) is 0 Å². The van der Waals surface area contributed by atoms with Crippen molar-refractivity contribution in [3.8, 4) is 16.9 Å². The van der Waals surface area contributed by atoms with Gasteiger partial charge >= 0.3 is 6.03 Å². The van der Waals surface area contributed by atoms with Crippen molar-refractivity contribution in [1.82, 2.24) is 5.32 Å². The predicted molar refractivity (Wildman–Crippen MR) is 137 cm³/mol. The summed E-state index contributed by atoms with van der Waals surface area (Å²) in [5, 5.41) is 5.65. The van der Waals surface area contributed by atoms with Crippen LogP contribution in [0.2, 0.25) is 0 Å². The monoisotopic (exact) mass is 513 g/mol. The minimum absolute atomic E-state index is 0.0315. The quantitative estimate of drug-likeness (QED) is 0.463. The van der Waals surface area contributed by atoms with Crippen molar-refractivity contribution in [2.45, 2.75) is 12.5 Å². The van der Waals surface area contributed by atoms with E-state index in [0.29, 0.717) is 22.3 Å². The SMILES string of the molecule is COc1ccc(NC(=O)N[C@@H]2CCN(c3ccc(-c4ccccc4P(C)(C)=O)c(F)c3F)C2=O)cc1. The molecule has 0 radical (unpaired) electrons. The van der Waals surface area contributed by atoms with Crippen LogP contribution in [0.5, 0.6) is 5.75 Å². The number of nitrogens with one attached hydrogen (secondary N) is 2. The van der Waals surface area contributed by atoms with E-state index in [1.165, 1.54) is 19.2 Å². The van der Waals surface area contributed by atoms with E-state index in [1.54, 1.807) is 61.9 Å². The molecule has 2 N–H and O–H groups in total. The van der Waals surface area contributed by atoms with E-state index in [1.807, 2.05) is 0 Å². The van der Waals surface area contributed by atoms with Crippen molar-refractivity contribution in [2.75, 3.05) is 37.2 Å². The van der Waals surface area contributed by atoms with Crippen molar-refractivity contribution >= 4 is 35.8 Å². The number of halogens is 2. The van der Waals surface area contributed by atoms with Gasteiger partial charge in [0.2, 0.25) is 5.91 Å². The third-order valence-corrected chi connectivity index (χ3v) is 7.54. The minimum Gasteiger partial charge on any atom is -0.497 e. The molecule has 0 saturated carbocycles. The zero-order chi connectivity index (χ0) is 26.0. The van der Waals surface area contributed by atoms with E-state index in [0.717, 1.165) is 4.90 Å². The number of ether oxygens (including phenoxy) is 1. The number of carbonyl (C=O) groups is 2. The fourth-order valence-electron chi connectivity index (χ4n) is 4.18. The van der Waals surface area contributed by atoms with Crippen LogP contribution in [0.4, 0.5) is 25.0 Å².